The molecule has 0 bridgehead atoms. The van der Waals surface area contributed by atoms with E-state index < -0.39 is 6.04 Å². The van der Waals surface area contributed by atoms with E-state index in [1.54, 1.807) is 18.2 Å². The van der Waals surface area contributed by atoms with Crippen LogP contribution in [-0.2, 0) is 0 Å². The number of furan rings is 1. The lowest BCUT2D eigenvalue weighted by Gasteiger charge is -2.11. The van der Waals surface area contributed by atoms with E-state index in [2.05, 4.69) is 15.9 Å². The van der Waals surface area contributed by atoms with Crippen molar-refractivity contribution in [1.29, 1.82) is 0 Å². The summed E-state index contributed by atoms with van der Waals surface area (Å²) in [6.45, 7) is 0. The quantitative estimate of drug-likeness (QED) is 0.551. The van der Waals surface area contributed by atoms with Crippen molar-refractivity contribution in [3.8, 4) is 0 Å². The first kappa shape index (κ1) is 15.2. The Balaban J connectivity index is 2.09. The van der Waals surface area contributed by atoms with Crippen molar-refractivity contribution >= 4 is 61.7 Å². The molecule has 21 heavy (non-hydrogen) atoms. The molecule has 2 N–H and O–H groups in total. The predicted molar refractivity (Wildman–Crippen MR) is 91.4 cm³/mol. The lowest BCUT2D eigenvalue weighted by Crippen LogP contribution is -2.11. The van der Waals surface area contributed by atoms with Crippen LogP contribution in [0.1, 0.15) is 17.4 Å². The van der Waals surface area contributed by atoms with Crippen molar-refractivity contribution in [3.05, 3.63) is 67.3 Å². The van der Waals surface area contributed by atoms with Gasteiger partial charge in [0.2, 0.25) is 0 Å². The van der Waals surface area contributed by atoms with E-state index in [9.17, 15) is 0 Å². The van der Waals surface area contributed by atoms with Crippen LogP contribution < -0.4 is 5.73 Å². The Labute approximate surface area is 144 Å². The van der Waals surface area contributed by atoms with Gasteiger partial charge in [0.05, 0.1) is 11.1 Å². The molecule has 1 unspecified atom stereocenters. The first-order valence-corrected chi connectivity index (χ1v) is 7.97. The highest BCUT2D eigenvalue weighted by Gasteiger charge is 2.18. The molecule has 108 valence electrons. The molecule has 0 saturated carbocycles. The van der Waals surface area contributed by atoms with Gasteiger partial charge in [0, 0.05) is 19.9 Å². The number of nitrogens with two attached hydrogens (primary N) is 1. The highest BCUT2D eigenvalue weighted by Crippen LogP contribution is 2.35. The third-order valence-corrected chi connectivity index (χ3v) is 4.48. The van der Waals surface area contributed by atoms with Crippen LogP contribution in [0.3, 0.4) is 0 Å². The third-order valence-electron chi connectivity index (χ3n) is 3.16. The average molecular weight is 406 g/mol. The van der Waals surface area contributed by atoms with E-state index >= 15 is 0 Å². The molecule has 0 aliphatic rings. The highest BCUT2D eigenvalue weighted by atomic mass is 79.9. The monoisotopic (exact) mass is 403 g/mol. The summed E-state index contributed by atoms with van der Waals surface area (Å²) in [5.41, 5.74) is 7.60. The lowest BCUT2D eigenvalue weighted by molar-refractivity contribution is 0.525. The van der Waals surface area contributed by atoms with Gasteiger partial charge in [-0.05, 0) is 35.9 Å². The van der Waals surface area contributed by atoms with Crippen LogP contribution in [0.15, 0.2) is 45.3 Å². The van der Waals surface area contributed by atoms with Crippen LogP contribution in [0, 0.1) is 0 Å². The molecule has 3 rings (SSSR count). The van der Waals surface area contributed by atoms with Crippen molar-refractivity contribution in [2.75, 3.05) is 0 Å². The minimum Gasteiger partial charge on any atom is -0.457 e. The van der Waals surface area contributed by atoms with E-state index in [0.29, 0.717) is 26.4 Å². The van der Waals surface area contributed by atoms with Crippen molar-refractivity contribution in [2.45, 2.75) is 6.04 Å². The summed E-state index contributed by atoms with van der Waals surface area (Å²) >= 11 is 21.7. The minimum atomic E-state index is -0.479. The first-order chi connectivity index (χ1) is 9.95. The molecule has 0 aliphatic carbocycles. The molecule has 0 spiro atoms. The van der Waals surface area contributed by atoms with Gasteiger partial charge in [0.15, 0.2) is 5.58 Å². The van der Waals surface area contributed by atoms with Gasteiger partial charge < -0.3 is 10.2 Å². The zero-order valence-electron chi connectivity index (χ0n) is 10.5. The van der Waals surface area contributed by atoms with Gasteiger partial charge in [-0.2, -0.15) is 0 Å². The molecule has 1 aromatic heterocycles. The Morgan fingerprint density at radius 1 is 1.00 bits per heavy atom. The van der Waals surface area contributed by atoms with Crippen molar-refractivity contribution < 1.29 is 4.42 Å². The number of rotatable bonds is 2. The number of benzene rings is 2. The maximum Gasteiger partial charge on any atom is 0.153 e. The summed E-state index contributed by atoms with van der Waals surface area (Å²) in [6, 6.07) is 10.3. The second-order valence-electron chi connectivity index (χ2n) is 4.60. The SMILES string of the molecule is NC(c1cc2cc(Cl)cc(Cl)c2o1)c1ccc(Br)cc1Cl. The summed E-state index contributed by atoms with van der Waals surface area (Å²) in [4.78, 5) is 0. The Hall–Kier alpha value is -0.710. The van der Waals surface area contributed by atoms with Crippen LogP contribution in [0.2, 0.25) is 15.1 Å². The molecular formula is C15H9BrCl3NO. The Bertz CT molecular complexity index is 831. The van der Waals surface area contributed by atoms with Crippen LogP contribution in [-0.4, -0.2) is 0 Å². The van der Waals surface area contributed by atoms with E-state index in [0.717, 1.165) is 15.4 Å². The van der Waals surface area contributed by atoms with Crippen molar-refractivity contribution in [2.24, 2.45) is 5.73 Å². The van der Waals surface area contributed by atoms with Gasteiger partial charge in [0.25, 0.3) is 0 Å². The smallest absolute Gasteiger partial charge is 0.153 e. The Morgan fingerprint density at radius 2 is 1.76 bits per heavy atom. The van der Waals surface area contributed by atoms with Crippen LogP contribution in [0.4, 0.5) is 0 Å². The molecule has 2 nitrogen and oxygen atoms in total. The zero-order valence-corrected chi connectivity index (χ0v) is 14.4. The topological polar surface area (TPSA) is 39.2 Å². The molecule has 0 amide bonds. The maximum absolute atomic E-state index is 6.25. The largest absolute Gasteiger partial charge is 0.457 e. The second-order valence-corrected chi connectivity index (χ2v) is 6.76. The molecule has 6 heteroatoms. The number of halogens is 4. The molecule has 1 atom stereocenters. The number of fused-ring (bicyclic) bond motifs is 1. The molecule has 0 saturated heterocycles. The van der Waals surface area contributed by atoms with E-state index in [1.807, 2.05) is 18.2 Å². The summed E-state index contributed by atoms with van der Waals surface area (Å²) in [7, 11) is 0. The number of hydrogen-bond donors (Lipinski definition) is 1. The standard InChI is InChI=1S/C15H9BrCl3NO/c16-8-1-2-10(11(18)5-8)14(20)13-4-7-3-9(17)6-12(19)15(7)21-13/h1-6,14H,20H2. The van der Waals surface area contributed by atoms with Gasteiger partial charge in [0.1, 0.15) is 5.76 Å². The fourth-order valence-electron chi connectivity index (χ4n) is 2.16. The van der Waals surface area contributed by atoms with E-state index in [-0.39, 0.29) is 0 Å². The summed E-state index contributed by atoms with van der Waals surface area (Å²) < 4.78 is 6.66. The van der Waals surface area contributed by atoms with Gasteiger partial charge >= 0.3 is 0 Å². The van der Waals surface area contributed by atoms with Crippen LogP contribution >= 0.6 is 50.7 Å². The molecule has 0 aliphatic heterocycles. The van der Waals surface area contributed by atoms with Crippen LogP contribution in [0.5, 0.6) is 0 Å². The second kappa shape index (κ2) is 5.82. The number of hydrogen-bond acceptors (Lipinski definition) is 2. The molecular weight excluding hydrogens is 396 g/mol. The fraction of sp³-hybridized carbons (Fsp3) is 0.0667. The summed E-state index contributed by atoms with van der Waals surface area (Å²) in [5.74, 6) is 0.582. The summed E-state index contributed by atoms with van der Waals surface area (Å²) in [5, 5.41) is 2.39. The zero-order chi connectivity index (χ0) is 15.1. The van der Waals surface area contributed by atoms with Gasteiger partial charge in [-0.15, -0.1) is 0 Å². The van der Waals surface area contributed by atoms with E-state index in [4.69, 9.17) is 45.0 Å². The minimum absolute atomic E-state index is 0.456. The van der Waals surface area contributed by atoms with Gasteiger partial charge in [-0.25, -0.2) is 0 Å². The van der Waals surface area contributed by atoms with Gasteiger partial charge in [-0.3, -0.25) is 0 Å². The summed E-state index contributed by atoms with van der Waals surface area (Å²) in [6.07, 6.45) is 0. The molecule has 0 radical (unpaired) electrons. The first-order valence-electron chi connectivity index (χ1n) is 6.04. The fourth-order valence-corrected chi connectivity index (χ4v) is 3.49. The third kappa shape index (κ3) is 2.94. The normalized spacial score (nSPS) is 12.8. The predicted octanol–water partition coefficient (Wildman–Crippen LogP) is 6.20. The van der Waals surface area contributed by atoms with Gasteiger partial charge in [-0.1, -0.05) is 56.8 Å². The molecule has 2 aromatic carbocycles. The van der Waals surface area contributed by atoms with Crippen molar-refractivity contribution in [1.82, 2.24) is 0 Å². The Kier molecular flexibility index (Phi) is 4.21. The highest BCUT2D eigenvalue weighted by molar-refractivity contribution is 9.10. The maximum atomic E-state index is 6.25. The average Bonchev–Trinajstić information content (AvgIpc) is 2.82. The van der Waals surface area contributed by atoms with Crippen LogP contribution in [0.25, 0.3) is 11.0 Å². The van der Waals surface area contributed by atoms with E-state index in [1.165, 1.54) is 0 Å². The molecule has 1 heterocycles. The lowest BCUT2D eigenvalue weighted by atomic mass is 10.1. The Morgan fingerprint density at radius 3 is 2.48 bits per heavy atom. The molecule has 3 aromatic rings. The van der Waals surface area contributed by atoms with Crippen molar-refractivity contribution in [3.63, 3.8) is 0 Å². The molecule has 0 fully saturated rings.